The molecule has 1 aromatic heterocycles. The zero-order valence-corrected chi connectivity index (χ0v) is 9.73. The molecule has 0 radical (unpaired) electrons. The fraction of sp³-hybridized carbons (Fsp3) is 0.308. The Morgan fingerprint density at radius 3 is 2.76 bits per heavy atom. The largest absolute Gasteiger partial charge is 0.300 e. The van der Waals surface area contributed by atoms with Gasteiger partial charge in [0.25, 0.3) is 5.56 Å². The van der Waals surface area contributed by atoms with Crippen LogP contribution < -0.4 is 5.56 Å². The van der Waals surface area contributed by atoms with Crippen molar-refractivity contribution in [2.24, 2.45) is 0 Å². The molecule has 0 saturated carbocycles. The number of aromatic amines is 2. The molecule has 4 nitrogen and oxygen atoms in total. The maximum absolute atomic E-state index is 11.5. The molecule has 1 unspecified atom stereocenters. The fourth-order valence-electron chi connectivity index (χ4n) is 2.44. The quantitative estimate of drug-likeness (QED) is 0.824. The van der Waals surface area contributed by atoms with Gasteiger partial charge in [-0.1, -0.05) is 30.3 Å². The topological polar surface area (TPSA) is 51.9 Å². The van der Waals surface area contributed by atoms with Gasteiger partial charge >= 0.3 is 0 Å². The predicted molar refractivity (Wildman–Crippen MR) is 65.5 cm³/mol. The molecule has 4 heteroatoms. The van der Waals surface area contributed by atoms with Crippen LogP contribution >= 0.6 is 0 Å². The van der Waals surface area contributed by atoms with Crippen LogP contribution in [0.15, 0.2) is 35.1 Å². The van der Waals surface area contributed by atoms with Crippen molar-refractivity contribution in [1.29, 1.82) is 0 Å². The zero-order chi connectivity index (χ0) is 11.8. The number of nitrogens with one attached hydrogen (secondary N) is 2. The van der Waals surface area contributed by atoms with Crippen molar-refractivity contribution in [3.05, 3.63) is 57.5 Å². The minimum Gasteiger partial charge on any atom is -0.300 e. The minimum atomic E-state index is 0.0161. The van der Waals surface area contributed by atoms with E-state index in [0.717, 1.165) is 24.3 Å². The van der Waals surface area contributed by atoms with Crippen LogP contribution in [0.25, 0.3) is 0 Å². The summed E-state index contributed by atoms with van der Waals surface area (Å²) in [5, 5.41) is 5.62. The van der Waals surface area contributed by atoms with Crippen LogP contribution in [0, 0.1) is 0 Å². The Hall–Kier alpha value is -1.81. The zero-order valence-electron chi connectivity index (χ0n) is 9.73. The summed E-state index contributed by atoms with van der Waals surface area (Å²) in [6.45, 7) is 3.73. The second kappa shape index (κ2) is 3.89. The molecule has 0 fully saturated rings. The molecule has 0 amide bonds. The summed E-state index contributed by atoms with van der Waals surface area (Å²) in [5.41, 5.74) is 3.21. The minimum absolute atomic E-state index is 0.0161. The molecule has 1 aliphatic rings. The molecule has 17 heavy (non-hydrogen) atoms. The Kier molecular flexibility index (Phi) is 2.37. The smallest absolute Gasteiger partial charge is 0.268 e. The van der Waals surface area contributed by atoms with Crippen LogP contribution in [0.2, 0.25) is 0 Å². The van der Waals surface area contributed by atoms with Crippen molar-refractivity contribution in [2.45, 2.75) is 26.1 Å². The summed E-state index contributed by atoms with van der Waals surface area (Å²) in [6.07, 6.45) is 0. The highest BCUT2D eigenvalue weighted by molar-refractivity contribution is 5.26. The molecule has 2 N–H and O–H groups in total. The summed E-state index contributed by atoms with van der Waals surface area (Å²) < 4.78 is 0. The first-order chi connectivity index (χ1) is 8.25. The normalized spacial score (nSPS) is 19.5. The average molecular weight is 229 g/mol. The molecule has 2 aromatic rings. The predicted octanol–water partition coefficient (Wildman–Crippen LogP) is 1.78. The van der Waals surface area contributed by atoms with E-state index in [1.807, 2.05) is 18.2 Å². The van der Waals surface area contributed by atoms with Gasteiger partial charge in [-0.15, -0.1) is 0 Å². The molecule has 88 valence electrons. The molecule has 0 aliphatic carbocycles. The molecule has 0 spiro atoms. The highest BCUT2D eigenvalue weighted by atomic mass is 16.1. The van der Waals surface area contributed by atoms with E-state index in [-0.39, 0.29) is 11.6 Å². The lowest BCUT2D eigenvalue weighted by molar-refractivity contribution is 0.216. The van der Waals surface area contributed by atoms with E-state index in [0.29, 0.717) is 0 Å². The average Bonchev–Trinajstić information content (AvgIpc) is 2.84. The summed E-state index contributed by atoms with van der Waals surface area (Å²) in [6, 6.07) is 10.6. The Labute approximate surface area is 99.3 Å². The number of rotatable bonds is 2. The van der Waals surface area contributed by atoms with E-state index < -0.39 is 0 Å². The molecule has 1 aliphatic heterocycles. The summed E-state index contributed by atoms with van der Waals surface area (Å²) in [4.78, 5) is 13.8. The number of hydrogen-bond acceptors (Lipinski definition) is 2. The highest BCUT2D eigenvalue weighted by Crippen LogP contribution is 2.30. The molecule has 0 bridgehead atoms. The number of H-pyrrole nitrogens is 2. The van der Waals surface area contributed by atoms with Crippen molar-refractivity contribution < 1.29 is 0 Å². The maximum atomic E-state index is 11.5. The third-order valence-corrected chi connectivity index (χ3v) is 3.47. The van der Waals surface area contributed by atoms with Gasteiger partial charge in [0.15, 0.2) is 0 Å². The van der Waals surface area contributed by atoms with E-state index in [1.54, 1.807) is 0 Å². The van der Waals surface area contributed by atoms with Crippen molar-refractivity contribution in [1.82, 2.24) is 15.1 Å². The Morgan fingerprint density at radius 1 is 1.29 bits per heavy atom. The Bertz CT molecular complexity index is 570. The van der Waals surface area contributed by atoms with E-state index >= 15 is 0 Å². The third-order valence-electron chi connectivity index (χ3n) is 3.47. The number of hydrogen-bond donors (Lipinski definition) is 2. The van der Waals surface area contributed by atoms with Gasteiger partial charge < -0.3 is 5.10 Å². The summed E-state index contributed by atoms with van der Waals surface area (Å²) >= 11 is 0. The van der Waals surface area contributed by atoms with E-state index in [9.17, 15) is 4.79 Å². The molecule has 1 atom stereocenters. The van der Waals surface area contributed by atoms with Gasteiger partial charge in [-0.05, 0) is 12.5 Å². The maximum Gasteiger partial charge on any atom is 0.268 e. The first-order valence-corrected chi connectivity index (χ1v) is 5.83. The van der Waals surface area contributed by atoms with E-state index in [2.05, 4.69) is 34.2 Å². The lowest BCUT2D eigenvalue weighted by atomic mass is 10.2. The first-order valence-electron chi connectivity index (χ1n) is 5.83. The van der Waals surface area contributed by atoms with Crippen LogP contribution in [0.4, 0.5) is 0 Å². The molecule has 0 saturated heterocycles. The van der Waals surface area contributed by atoms with Crippen LogP contribution in [0.5, 0.6) is 0 Å². The lowest BCUT2D eigenvalue weighted by Crippen LogP contribution is -2.21. The second-order valence-corrected chi connectivity index (χ2v) is 4.54. The molecule has 3 rings (SSSR count). The van der Waals surface area contributed by atoms with Gasteiger partial charge in [-0.2, -0.15) is 0 Å². The monoisotopic (exact) mass is 229 g/mol. The van der Waals surface area contributed by atoms with Crippen LogP contribution in [-0.2, 0) is 13.1 Å². The lowest BCUT2D eigenvalue weighted by Gasteiger charge is -2.21. The van der Waals surface area contributed by atoms with Crippen molar-refractivity contribution in [3.8, 4) is 0 Å². The summed E-state index contributed by atoms with van der Waals surface area (Å²) in [5.74, 6) is 0. The number of aromatic nitrogens is 2. The van der Waals surface area contributed by atoms with Crippen molar-refractivity contribution >= 4 is 0 Å². The van der Waals surface area contributed by atoms with Gasteiger partial charge in [-0.25, -0.2) is 0 Å². The van der Waals surface area contributed by atoms with E-state index in [4.69, 9.17) is 0 Å². The second-order valence-electron chi connectivity index (χ2n) is 4.54. The van der Waals surface area contributed by atoms with E-state index in [1.165, 1.54) is 5.56 Å². The van der Waals surface area contributed by atoms with Crippen LogP contribution in [-0.4, -0.2) is 15.1 Å². The number of fused-ring (bicyclic) bond motifs is 1. The Balaban J connectivity index is 1.83. The number of benzene rings is 1. The summed E-state index contributed by atoms with van der Waals surface area (Å²) in [7, 11) is 0. The van der Waals surface area contributed by atoms with Gasteiger partial charge in [-0.3, -0.25) is 14.8 Å². The van der Waals surface area contributed by atoms with Gasteiger partial charge in [0, 0.05) is 19.1 Å². The fourth-order valence-corrected chi connectivity index (χ4v) is 2.44. The van der Waals surface area contributed by atoms with Crippen LogP contribution in [0.1, 0.15) is 29.8 Å². The van der Waals surface area contributed by atoms with Gasteiger partial charge in [0.1, 0.15) is 0 Å². The van der Waals surface area contributed by atoms with Crippen LogP contribution in [0.3, 0.4) is 0 Å². The SMILES string of the molecule is CC1c2[nH][nH]c(=O)c2CN1Cc1ccccc1. The molecular weight excluding hydrogens is 214 g/mol. The molecule has 1 aromatic carbocycles. The highest BCUT2D eigenvalue weighted by Gasteiger charge is 2.30. The Morgan fingerprint density at radius 2 is 2.06 bits per heavy atom. The van der Waals surface area contributed by atoms with Gasteiger partial charge in [0.05, 0.1) is 11.3 Å². The first kappa shape index (κ1) is 10.4. The van der Waals surface area contributed by atoms with Gasteiger partial charge in [0.2, 0.25) is 0 Å². The molecular formula is C13H15N3O. The van der Waals surface area contributed by atoms with Crippen molar-refractivity contribution in [2.75, 3.05) is 0 Å². The van der Waals surface area contributed by atoms with Crippen molar-refractivity contribution in [3.63, 3.8) is 0 Å². The third kappa shape index (κ3) is 1.70. The molecule has 2 heterocycles. The number of nitrogens with zero attached hydrogens (tertiary/aromatic N) is 1. The standard InChI is InChI=1S/C13H15N3O/c1-9-12-11(13(17)15-14-12)8-16(9)7-10-5-3-2-4-6-10/h2-6,9H,7-8H2,1H3,(H2,14,15,17).